The van der Waals surface area contributed by atoms with Crippen LogP contribution in [0.1, 0.15) is 24.2 Å². The molecule has 0 fully saturated rings. The highest BCUT2D eigenvalue weighted by molar-refractivity contribution is 7.89. The number of esters is 1. The van der Waals surface area contributed by atoms with Crippen molar-refractivity contribution in [2.24, 2.45) is 0 Å². The molecule has 0 spiro atoms. The molecule has 9 heteroatoms. The summed E-state index contributed by atoms with van der Waals surface area (Å²) >= 11 is 11.8. The van der Waals surface area contributed by atoms with Gasteiger partial charge >= 0.3 is 5.97 Å². The number of benzene rings is 2. The van der Waals surface area contributed by atoms with E-state index >= 15 is 0 Å². The zero-order valence-electron chi connectivity index (χ0n) is 15.5. The van der Waals surface area contributed by atoms with Gasteiger partial charge in [-0.3, -0.25) is 0 Å². The Kier molecular flexibility index (Phi) is 8.12. The average molecular weight is 446 g/mol. The maximum atomic E-state index is 12.4. The second kappa shape index (κ2) is 10.1. The molecular weight excluding hydrogens is 425 g/mol. The maximum absolute atomic E-state index is 12.4. The van der Waals surface area contributed by atoms with Gasteiger partial charge in [0, 0.05) is 18.1 Å². The third-order valence-corrected chi connectivity index (χ3v) is 6.50. The first-order chi connectivity index (χ1) is 13.3. The smallest absolute Gasteiger partial charge is 0.338 e. The molecule has 0 atom stereocenters. The van der Waals surface area contributed by atoms with Gasteiger partial charge in [-0.05, 0) is 42.5 Å². The van der Waals surface area contributed by atoms with Crippen molar-refractivity contribution in [3.05, 3.63) is 58.1 Å². The largest absolute Gasteiger partial charge is 0.488 e. The molecular formula is C19H21Cl2NO5S. The first-order valence-corrected chi connectivity index (χ1v) is 10.8. The Balaban J connectivity index is 1.91. The van der Waals surface area contributed by atoms with Crippen LogP contribution in [0.2, 0.25) is 10.0 Å². The maximum Gasteiger partial charge on any atom is 0.338 e. The zero-order valence-corrected chi connectivity index (χ0v) is 17.9. The molecule has 0 N–H and O–H groups in total. The molecule has 0 saturated carbocycles. The Morgan fingerprint density at radius 1 is 1.00 bits per heavy atom. The third kappa shape index (κ3) is 5.61. The second-order valence-electron chi connectivity index (χ2n) is 5.67. The van der Waals surface area contributed by atoms with E-state index in [9.17, 15) is 13.2 Å². The van der Waals surface area contributed by atoms with E-state index < -0.39 is 16.0 Å². The van der Waals surface area contributed by atoms with Gasteiger partial charge in [-0.15, -0.1) is 0 Å². The number of halogens is 2. The molecule has 2 rings (SSSR count). The summed E-state index contributed by atoms with van der Waals surface area (Å²) in [5.74, 6) is -0.134. The van der Waals surface area contributed by atoms with Gasteiger partial charge in [-0.2, -0.15) is 4.31 Å². The summed E-state index contributed by atoms with van der Waals surface area (Å²) in [6.07, 6.45) is 0. The lowest BCUT2D eigenvalue weighted by Crippen LogP contribution is -2.30. The van der Waals surface area contributed by atoms with Gasteiger partial charge in [-0.1, -0.05) is 37.0 Å². The summed E-state index contributed by atoms with van der Waals surface area (Å²) in [5, 5.41) is 0.860. The van der Waals surface area contributed by atoms with E-state index in [1.165, 1.54) is 28.6 Å². The molecule has 2 aromatic carbocycles. The van der Waals surface area contributed by atoms with Crippen LogP contribution in [0.4, 0.5) is 0 Å². The van der Waals surface area contributed by atoms with Gasteiger partial charge in [0.1, 0.15) is 19.0 Å². The lowest BCUT2D eigenvalue weighted by Gasteiger charge is -2.18. The highest BCUT2D eigenvalue weighted by Crippen LogP contribution is 2.27. The lowest BCUT2D eigenvalue weighted by molar-refractivity contribution is 0.0450. The van der Waals surface area contributed by atoms with Crippen molar-refractivity contribution in [3.63, 3.8) is 0 Å². The molecule has 0 aromatic heterocycles. The lowest BCUT2D eigenvalue weighted by atomic mass is 10.2. The molecule has 0 unspecified atom stereocenters. The van der Waals surface area contributed by atoms with Crippen LogP contribution in [-0.2, 0) is 14.8 Å². The molecule has 0 aliphatic rings. The number of rotatable bonds is 9. The SMILES string of the molecule is CCN(CC)S(=O)(=O)c1ccc(C(=O)OCCOc2ccc(Cl)cc2Cl)cc1. The minimum atomic E-state index is -3.56. The van der Waals surface area contributed by atoms with Crippen LogP contribution >= 0.6 is 23.2 Å². The van der Waals surface area contributed by atoms with Crippen molar-refractivity contribution in [2.45, 2.75) is 18.7 Å². The summed E-state index contributed by atoms with van der Waals surface area (Å²) in [6, 6.07) is 10.5. The van der Waals surface area contributed by atoms with E-state index in [-0.39, 0.29) is 23.7 Å². The summed E-state index contributed by atoms with van der Waals surface area (Å²) in [7, 11) is -3.56. The fourth-order valence-corrected chi connectivity index (χ4v) is 4.36. The van der Waals surface area contributed by atoms with E-state index in [0.29, 0.717) is 28.9 Å². The molecule has 0 amide bonds. The van der Waals surface area contributed by atoms with Crippen molar-refractivity contribution in [2.75, 3.05) is 26.3 Å². The first-order valence-electron chi connectivity index (χ1n) is 8.64. The Morgan fingerprint density at radius 3 is 2.21 bits per heavy atom. The van der Waals surface area contributed by atoms with Crippen LogP contribution in [0, 0.1) is 0 Å². The van der Waals surface area contributed by atoms with Crippen LogP contribution in [0.3, 0.4) is 0 Å². The Labute approximate surface area is 175 Å². The average Bonchev–Trinajstić information content (AvgIpc) is 2.67. The standard InChI is InChI=1S/C19H21Cl2NO5S/c1-3-22(4-2)28(24,25)16-8-5-14(6-9-16)19(23)27-12-11-26-18-10-7-15(20)13-17(18)21/h5-10,13H,3-4,11-12H2,1-2H3. The Hall–Kier alpha value is -1.80. The summed E-state index contributed by atoms with van der Waals surface area (Å²) in [4.78, 5) is 12.2. The topological polar surface area (TPSA) is 72.9 Å². The molecule has 0 radical (unpaired) electrons. The van der Waals surface area contributed by atoms with Crippen LogP contribution in [0.15, 0.2) is 47.4 Å². The number of nitrogens with zero attached hydrogens (tertiary/aromatic N) is 1. The summed E-state index contributed by atoms with van der Waals surface area (Å²) in [6.45, 7) is 4.41. The van der Waals surface area contributed by atoms with Crippen LogP contribution < -0.4 is 4.74 Å². The van der Waals surface area contributed by atoms with Crippen molar-refractivity contribution >= 4 is 39.2 Å². The van der Waals surface area contributed by atoms with Gasteiger partial charge in [-0.25, -0.2) is 13.2 Å². The molecule has 0 heterocycles. The Bertz CT molecular complexity index is 912. The highest BCUT2D eigenvalue weighted by Gasteiger charge is 2.21. The van der Waals surface area contributed by atoms with Gasteiger partial charge < -0.3 is 9.47 Å². The fourth-order valence-electron chi connectivity index (χ4n) is 2.44. The Morgan fingerprint density at radius 2 is 1.64 bits per heavy atom. The van der Waals surface area contributed by atoms with Gasteiger partial charge in [0.2, 0.25) is 10.0 Å². The van der Waals surface area contributed by atoms with E-state index in [4.69, 9.17) is 32.7 Å². The molecule has 0 aliphatic heterocycles. The minimum absolute atomic E-state index is 0.0112. The van der Waals surface area contributed by atoms with Gasteiger partial charge in [0.25, 0.3) is 0 Å². The van der Waals surface area contributed by atoms with E-state index in [1.807, 2.05) is 0 Å². The van der Waals surface area contributed by atoms with E-state index in [1.54, 1.807) is 32.0 Å². The zero-order chi connectivity index (χ0) is 20.7. The highest BCUT2D eigenvalue weighted by atomic mass is 35.5. The number of carbonyl (C=O) groups excluding carboxylic acids is 1. The van der Waals surface area contributed by atoms with Crippen LogP contribution in [0.25, 0.3) is 0 Å². The number of ether oxygens (including phenoxy) is 2. The predicted molar refractivity (Wildman–Crippen MR) is 109 cm³/mol. The fraction of sp³-hybridized carbons (Fsp3) is 0.316. The van der Waals surface area contributed by atoms with E-state index in [0.717, 1.165) is 0 Å². The van der Waals surface area contributed by atoms with Crippen LogP contribution in [-0.4, -0.2) is 45.0 Å². The van der Waals surface area contributed by atoms with Crippen molar-refractivity contribution < 1.29 is 22.7 Å². The number of hydrogen-bond acceptors (Lipinski definition) is 5. The first kappa shape index (κ1) is 22.5. The normalized spacial score (nSPS) is 11.5. The molecule has 152 valence electrons. The van der Waals surface area contributed by atoms with Gasteiger partial charge in [0.15, 0.2) is 0 Å². The van der Waals surface area contributed by atoms with Gasteiger partial charge in [0.05, 0.1) is 15.5 Å². The minimum Gasteiger partial charge on any atom is -0.488 e. The summed E-state index contributed by atoms with van der Waals surface area (Å²) in [5.41, 5.74) is 0.253. The summed E-state index contributed by atoms with van der Waals surface area (Å²) < 4.78 is 36.8. The van der Waals surface area contributed by atoms with E-state index in [2.05, 4.69) is 0 Å². The molecule has 0 bridgehead atoms. The van der Waals surface area contributed by atoms with Crippen molar-refractivity contribution in [1.29, 1.82) is 0 Å². The second-order valence-corrected chi connectivity index (χ2v) is 8.45. The molecule has 6 nitrogen and oxygen atoms in total. The number of sulfonamides is 1. The third-order valence-electron chi connectivity index (χ3n) is 3.90. The monoisotopic (exact) mass is 445 g/mol. The molecule has 0 saturated heterocycles. The number of hydrogen-bond donors (Lipinski definition) is 0. The van der Waals surface area contributed by atoms with Crippen molar-refractivity contribution in [3.8, 4) is 5.75 Å². The predicted octanol–water partition coefficient (Wildman–Crippen LogP) is 4.26. The quantitative estimate of drug-likeness (QED) is 0.425. The number of carbonyl (C=O) groups is 1. The van der Waals surface area contributed by atoms with Crippen molar-refractivity contribution in [1.82, 2.24) is 4.31 Å². The molecule has 2 aromatic rings. The molecule has 0 aliphatic carbocycles. The molecule has 28 heavy (non-hydrogen) atoms. The van der Waals surface area contributed by atoms with Crippen LogP contribution in [0.5, 0.6) is 5.75 Å².